The molecule has 2 amide bonds. The second-order valence-electron chi connectivity index (χ2n) is 8.27. The summed E-state index contributed by atoms with van der Waals surface area (Å²) in [4.78, 5) is 60.0. The first-order valence-corrected chi connectivity index (χ1v) is 15.2. The highest BCUT2D eigenvalue weighted by Gasteiger charge is 2.55. The molecule has 1 fully saturated rings. The Morgan fingerprint density at radius 3 is 2.84 bits per heavy atom. The lowest BCUT2D eigenvalue weighted by molar-refractivity contribution is -0.150. The number of carbonyl (C=O) groups excluding carboxylic acids is 2. The number of hydrogen-bond donors (Lipinski definition) is 4. The molecular formula is C21H22ClN7O5S4. The van der Waals surface area contributed by atoms with Gasteiger partial charge >= 0.3 is 5.97 Å². The van der Waals surface area contributed by atoms with Gasteiger partial charge in [0.05, 0.1) is 0 Å². The van der Waals surface area contributed by atoms with Crippen LogP contribution >= 0.6 is 58.2 Å². The summed E-state index contributed by atoms with van der Waals surface area (Å²) >= 11 is 11.1. The quantitative estimate of drug-likeness (QED) is 0.213. The summed E-state index contributed by atoms with van der Waals surface area (Å²) in [6.07, 6.45) is 3.36. The van der Waals surface area contributed by atoms with Crippen molar-refractivity contribution in [2.75, 3.05) is 17.2 Å². The maximum Gasteiger partial charge on any atom is 0.353 e. The number of rotatable bonds is 11. The van der Waals surface area contributed by atoms with Gasteiger partial charge in [-0.05, 0) is 23.7 Å². The number of anilines is 1. The summed E-state index contributed by atoms with van der Waals surface area (Å²) in [6.45, 7) is 1.92. The van der Waals surface area contributed by atoms with E-state index in [1.165, 1.54) is 23.5 Å². The molecule has 0 radical (unpaired) electrons. The fraction of sp³-hybridized carbons (Fsp3) is 0.381. The van der Waals surface area contributed by atoms with Gasteiger partial charge in [0.2, 0.25) is 6.04 Å². The minimum absolute atomic E-state index is 0.0417. The van der Waals surface area contributed by atoms with E-state index in [0.717, 1.165) is 32.4 Å². The van der Waals surface area contributed by atoms with Crippen molar-refractivity contribution in [2.45, 2.75) is 41.1 Å². The fourth-order valence-corrected chi connectivity index (χ4v) is 8.30. The van der Waals surface area contributed by atoms with Crippen molar-refractivity contribution < 1.29 is 19.5 Å². The van der Waals surface area contributed by atoms with Crippen LogP contribution in [0, 0.1) is 4.91 Å². The van der Waals surface area contributed by atoms with Crippen LogP contribution in [0.25, 0.3) is 0 Å². The van der Waals surface area contributed by atoms with Gasteiger partial charge in [-0.3, -0.25) is 19.5 Å². The van der Waals surface area contributed by atoms with Crippen molar-refractivity contribution in [3.05, 3.63) is 49.6 Å². The van der Waals surface area contributed by atoms with Crippen LogP contribution in [0.3, 0.4) is 0 Å². The number of nitrogens with two attached hydrogens (primary N) is 2. The zero-order chi connectivity index (χ0) is 27.6. The Kier molecular flexibility index (Phi) is 9.20. The third-order valence-corrected chi connectivity index (χ3v) is 10.5. The third kappa shape index (κ3) is 5.94. The number of nitrogens with zero attached hydrogens (tertiary/aromatic N) is 4. The second-order valence-corrected chi connectivity index (χ2v) is 13.2. The molecule has 38 heavy (non-hydrogen) atoms. The van der Waals surface area contributed by atoms with Crippen molar-refractivity contribution in [1.29, 1.82) is 0 Å². The number of halogens is 1. The Hall–Kier alpha value is -2.37. The van der Waals surface area contributed by atoms with Gasteiger partial charge in [-0.15, -0.1) is 16.7 Å². The van der Waals surface area contributed by atoms with Gasteiger partial charge in [0.1, 0.15) is 27.1 Å². The first-order chi connectivity index (χ1) is 18.1. The van der Waals surface area contributed by atoms with Crippen molar-refractivity contribution in [3.8, 4) is 0 Å². The van der Waals surface area contributed by atoms with E-state index < -0.39 is 35.2 Å². The Morgan fingerprint density at radius 1 is 1.45 bits per heavy atom. The number of aromatic nitrogens is 2. The molecule has 0 aliphatic carbocycles. The third-order valence-electron chi connectivity index (χ3n) is 5.40. The summed E-state index contributed by atoms with van der Waals surface area (Å²) in [5.41, 5.74) is 12.1. The molecule has 4 atom stereocenters. The highest BCUT2D eigenvalue weighted by atomic mass is 35.5. The summed E-state index contributed by atoms with van der Waals surface area (Å²) in [6, 6.07) is -0.795. The lowest BCUT2D eigenvalue weighted by Crippen LogP contribution is -2.70. The molecule has 12 nitrogen and oxygen atoms in total. The molecule has 0 saturated carbocycles. The molecule has 2 aromatic heterocycles. The SMILES string of the molecule is CC(N)CSCc1cnccc1SC1=C(C(=O)O)N2C(=O)[C@@H](NC(=O)C(N=O)c3nc(N)sc3Cl)[C@@H]2SC1. The monoisotopic (exact) mass is 615 g/mol. The van der Waals surface area contributed by atoms with E-state index in [2.05, 4.69) is 20.5 Å². The molecule has 2 aliphatic rings. The summed E-state index contributed by atoms with van der Waals surface area (Å²) < 4.78 is 0.0417. The van der Waals surface area contributed by atoms with Crippen LogP contribution in [0.2, 0.25) is 4.34 Å². The van der Waals surface area contributed by atoms with Gasteiger partial charge in [0.15, 0.2) is 5.13 Å². The average Bonchev–Trinajstić information content (AvgIpc) is 3.20. The van der Waals surface area contributed by atoms with E-state index in [-0.39, 0.29) is 26.9 Å². The highest BCUT2D eigenvalue weighted by molar-refractivity contribution is 8.06. The van der Waals surface area contributed by atoms with Crippen LogP contribution in [-0.4, -0.2) is 66.7 Å². The van der Waals surface area contributed by atoms with Crippen molar-refractivity contribution in [3.63, 3.8) is 0 Å². The maximum atomic E-state index is 13.0. The molecular weight excluding hydrogens is 594 g/mol. The molecule has 2 aliphatic heterocycles. The lowest BCUT2D eigenvalue weighted by Gasteiger charge is -2.49. The van der Waals surface area contributed by atoms with Crippen molar-refractivity contribution >= 4 is 81.1 Å². The maximum absolute atomic E-state index is 13.0. The van der Waals surface area contributed by atoms with E-state index in [1.54, 1.807) is 30.2 Å². The standard InChI is InChI=1S/C21H22ClN7O5S4/c1-8(23)5-35-6-9-4-25-3-2-10(9)37-11-7-36-19-14(18(31)29(19)15(11)20(32)33)26-17(30)13(28-34)12-16(22)38-21(24)27-12/h2-4,8,13-14,19H,5-7,23H2,1H3,(H2,24,27)(H,26,30)(H,32,33)/t8?,13?,14-,19+/m1/s1. The molecule has 4 rings (SSSR count). The van der Waals surface area contributed by atoms with Gasteiger partial charge in [0.25, 0.3) is 11.8 Å². The predicted octanol–water partition coefficient (Wildman–Crippen LogP) is 2.65. The highest BCUT2D eigenvalue weighted by Crippen LogP contribution is 2.46. The Balaban J connectivity index is 1.51. The Morgan fingerprint density at radius 2 is 2.21 bits per heavy atom. The zero-order valence-electron chi connectivity index (χ0n) is 19.7. The van der Waals surface area contributed by atoms with Crippen LogP contribution in [0.4, 0.5) is 5.13 Å². The number of pyridine rings is 1. The minimum atomic E-state index is -1.60. The largest absolute Gasteiger partial charge is 0.477 e. The molecule has 2 unspecified atom stereocenters. The molecule has 0 bridgehead atoms. The number of aliphatic carboxylic acids is 1. The summed E-state index contributed by atoms with van der Waals surface area (Å²) in [7, 11) is 0. The molecule has 0 spiro atoms. The van der Waals surface area contributed by atoms with Gasteiger partial charge in [-0.2, -0.15) is 11.8 Å². The fourth-order valence-electron chi connectivity index (χ4n) is 3.73. The number of amides is 2. The number of nitroso groups, excluding NO2 is 1. The number of carbonyl (C=O) groups is 3. The zero-order valence-corrected chi connectivity index (χ0v) is 23.7. The van der Waals surface area contributed by atoms with Gasteiger partial charge in [-0.1, -0.05) is 34.7 Å². The molecule has 6 N–H and O–H groups in total. The van der Waals surface area contributed by atoms with E-state index in [4.69, 9.17) is 23.1 Å². The number of fused-ring (bicyclic) bond motifs is 1. The average molecular weight is 616 g/mol. The predicted molar refractivity (Wildman–Crippen MR) is 150 cm³/mol. The number of hydrogen-bond acceptors (Lipinski definition) is 13. The number of nitrogen functional groups attached to an aromatic ring is 1. The molecule has 0 aromatic carbocycles. The van der Waals surface area contributed by atoms with E-state index in [0.29, 0.717) is 16.4 Å². The molecule has 4 heterocycles. The van der Waals surface area contributed by atoms with Crippen molar-refractivity contribution in [2.24, 2.45) is 10.9 Å². The van der Waals surface area contributed by atoms with E-state index in [1.807, 2.05) is 6.92 Å². The first-order valence-electron chi connectivity index (χ1n) is 11.0. The topological polar surface area (TPSA) is 194 Å². The summed E-state index contributed by atoms with van der Waals surface area (Å²) in [5, 5.41) is 14.7. The molecule has 2 aromatic rings. The smallest absolute Gasteiger partial charge is 0.353 e. The van der Waals surface area contributed by atoms with Gasteiger partial charge < -0.3 is 21.9 Å². The number of nitrogens with one attached hydrogen (secondary N) is 1. The van der Waals surface area contributed by atoms with Gasteiger partial charge in [-0.25, -0.2) is 9.78 Å². The molecule has 17 heteroatoms. The molecule has 202 valence electrons. The van der Waals surface area contributed by atoms with Gasteiger partial charge in [0, 0.05) is 45.5 Å². The number of carboxylic acids is 1. The second kappa shape index (κ2) is 12.2. The minimum Gasteiger partial charge on any atom is -0.477 e. The first kappa shape index (κ1) is 28.6. The number of thiazole rings is 1. The number of β-lactam (4-membered cyclic amide) rings is 1. The lowest BCUT2D eigenvalue weighted by atomic mass is 10.0. The van der Waals surface area contributed by atoms with Crippen LogP contribution in [-0.2, 0) is 20.1 Å². The summed E-state index contributed by atoms with van der Waals surface area (Å²) in [5.74, 6) is -1.03. The molecule has 1 saturated heterocycles. The van der Waals surface area contributed by atoms with Crippen LogP contribution < -0.4 is 16.8 Å². The number of carboxylic acid groups (broad SMARTS) is 1. The van der Waals surface area contributed by atoms with Crippen molar-refractivity contribution in [1.82, 2.24) is 20.2 Å². The van der Waals surface area contributed by atoms with E-state index >= 15 is 0 Å². The van der Waals surface area contributed by atoms with Crippen LogP contribution in [0.15, 0.2) is 39.1 Å². The normalized spacial score (nSPS) is 20.4. The Bertz CT molecular complexity index is 1310. The number of thioether (sulfide) groups is 3. The van der Waals surface area contributed by atoms with Crippen LogP contribution in [0.5, 0.6) is 0 Å². The van der Waals surface area contributed by atoms with E-state index in [9.17, 15) is 24.4 Å². The Labute approximate surface area is 238 Å². The van der Waals surface area contributed by atoms with Crippen LogP contribution in [0.1, 0.15) is 24.2 Å².